The minimum atomic E-state index is 0.0143. The number of rotatable bonds is 5. The molecule has 0 aromatic heterocycles. The average molecular weight is 421 g/mol. The van der Waals surface area contributed by atoms with E-state index in [4.69, 9.17) is 0 Å². The molecule has 1 saturated carbocycles. The number of carbonyl (C=O) groups excluding carboxylic acids is 1. The van der Waals surface area contributed by atoms with Crippen LogP contribution >= 0.6 is 0 Å². The van der Waals surface area contributed by atoms with E-state index in [1.807, 2.05) is 42.5 Å². The van der Waals surface area contributed by atoms with Crippen molar-refractivity contribution in [3.63, 3.8) is 0 Å². The lowest BCUT2D eigenvalue weighted by Crippen LogP contribution is -2.56. The van der Waals surface area contributed by atoms with E-state index in [0.717, 1.165) is 50.9 Å². The maximum Gasteiger partial charge on any atom is 0.254 e. The lowest BCUT2D eigenvalue weighted by Gasteiger charge is -2.54. The molecule has 2 aromatic rings. The monoisotopic (exact) mass is 420 g/mol. The molecule has 1 aliphatic carbocycles. The number of phenols is 1. The van der Waals surface area contributed by atoms with Crippen LogP contribution in [0, 0.1) is 11.8 Å². The Labute approximate surface area is 186 Å². The molecule has 4 heteroatoms. The van der Waals surface area contributed by atoms with Gasteiger partial charge in [0.15, 0.2) is 0 Å². The summed E-state index contributed by atoms with van der Waals surface area (Å²) in [5.74, 6) is 1.46. The molecule has 4 rings (SSSR count). The van der Waals surface area contributed by atoms with Crippen LogP contribution in [0.5, 0.6) is 5.75 Å². The van der Waals surface area contributed by atoms with Crippen LogP contribution in [0.4, 0.5) is 0 Å². The van der Waals surface area contributed by atoms with Crippen molar-refractivity contribution in [1.29, 1.82) is 0 Å². The fourth-order valence-electron chi connectivity index (χ4n) is 5.91. The Morgan fingerprint density at radius 1 is 1.16 bits per heavy atom. The SMILES string of the molecule is CC(C)CN(C(=O)c1ccccc1)[C@@H]1CCC2CN(C)CCC2(c2cccc(O)c2)C1. The number of hydrogen-bond acceptors (Lipinski definition) is 3. The molecule has 2 unspecified atom stereocenters. The third kappa shape index (κ3) is 4.50. The molecular formula is C27H36N2O2. The first-order chi connectivity index (χ1) is 14.9. The summed E-state index contributed by atoms with van der Waals surface area (Å²) >= 11 is 0. The van der Waals surface area contributed by atoms with Gasteiger partial charge in [0.1, 0.15) is 5.75 Å². The summed E-state index contributed by atoms with van der Waals surface area (Å²) in [4.78, 5) is 18.2. The summed E-state index contributed by atoms with van der Waals surface area (Å²) in [5.41, 5.74) is 2.03. The van der Waals surface area contributed by atoms with Crippen molar-refractivity contribution in [1.82, 2.24) is 9.80 Å². The summed E-state index contributed by atoms with van der Waals surface area (Å²) in [6.07, 6.45) is 4.20. The van der Waals surface area contributed by atoms with Crippen molar-refractivity contribution in [2.75, 3.05) is 26.7 Å². The number of piperidine rings is 1. The number of carbonyl (C=O) groups is 1. The van der Waals surface area contributed by atoms with Crippen LogP contribution in [0.25, 0.3) is 0 Å². The van der Waals surface area contributed by atoms with E-state index in [9.17, 15) is 9.90 Å². The van der Waals surface area contributed by atoms with Crippen LogP contribution < -0.4 is 0 Å². The topological polar surface area (TPSA) is 43.8 Å². The molecule has 1 aliphatic heterocycles. The highest BCUT2D eigenvalue weighted by atomic mass is 16.3. The van der Waals surface area contributed by atoms with Crippen molar-refractivity contribution in [2.24, 2.45) is 11.8 Å². The Morgan fingerprint density at radius 2 is 1.94 bits per heavy atom. The van der Waals surface area contributed by atoms with Gasteiger partial charge in [0.05, 0.1) is 0 Å². The molecule has 2 fully saturated rings. The van der Waals surface area contributed by atoms with Crippen molar-refractivity contribution in [3.05, 3.63) is 65.7 Å². The molecule has 4 nitrogen and oxygen atoms in total. The standard InChI is InChI=1S/C27H36N2O2/c1-20(2)18-29(26(31)21-8-5-4-6-9-21)24-13-12-23-19-28(3)15-14-27(23,17-24)22-10-7-11-25(30)16-22/h4-11,16,20,23-24,30H,12-15,17-19H2,1-3H3/t23?,24-,27?/m1/s1. The number of nitrogens with zero attached hydrogens (tertiary/aromatic N) is 2. The molecule has 2 aromatic carbocycles. The van der Waals surface area contributed by atoms with Crippen molar-refractivity contribution < 1.29 is 9.90 Å². The summed E-state index contributed by atoms with van der Waals surface area (Å²) in [6, 6.07) is 17.8. The van der Waals surface area contributed by atoms with Crippen LogP contribution in [-0.4, -0.2) is 53.5 Å². The van der Waals surface area contributed by atoms with Gasteiger partial charge in [0.2, 0.25) is 0 Å². The molecule has 1 amide bonds. The Bertz CT molecular complexity index is 897. The zero-order valence-corrected chi connectivity index (χ0v) is 19.1. The number of aromatic hydroxyl groups is 1. The number of phenolic OH excluding ortho intramolecular Hbond substituents is 1. The summed E-state index contributed by atoms with van der Waals surface area (Å²) < 4.78 is 0. The molecule has 1 heterocycles. The minimum absolute atomic E-state index is 0.0143. The third-order valence-electron chi connectivity index (χ3n) is 7.41. The fraction of sp³-hybridized carbons (Fsp3) is 0.519. The number of amides is 1. The zero-order valence-electron chi connectivity index (χ0n) is 19.1. The van der Waals surface area contributed by atoms with Crippen LogP contribution in [0.15, 0.2) is 54.6 Å². The van der Waals surface area contributed by atoms with E-state index >= 15 is 0 Å². The first-order valence-corrected chi connectivity index (χ1v) is 11.7. The molecular weight excluding hydrogens is 384 g/mol. The first kappa shape index (κ1) is 21.9. The Balaban J connectivity index is 1.69. The van der Waals surface area contributed by atoms with E-state index < -0.39 is 0 Å². The van der Waals surface area contributed by atoms with Gasteiger partial charge in [-0.05, 0) is 80.9 Å². The molecule has 166 valence electrons. The Morgan fingerprint density at radius 3 is 2.65 bits per heavy atom. The average Bonchev–Trinajstić information content (AvgIpc) is 2.77. The van der Waals surface area contributed by atoms with Crippen LogP contribution in [0.2, 0.25) is 0 Å². The third-order valence-corrected chi connectivity index (χ3v) is 7.41. The second-order valence-electron chi connectivity index (χ2n) is 10.1. The highest BCUT2D eigenvalue weighted by Crippen LogP contribution is 2.50. The summed E-state index contributed by atoms with van der Waals surface area (Å²) in [7, 11) is 2.21. The highest BCUT2D eigenvalue weighted by Gasteiger charge is 2.49. The van der Waals surface area contributed by atoms with Gasteiger partial charge >= 0.3 is 0 Å². The maximum absolute atomic E-state index is 13.6. The normalized spacial score (nSPS) is 26.5. The van der Waals surface area contributed by atoms with Crippen LogP contribution in [0.3, 0.4) is 0 Å². The highest BCUT2D eigenvalue weighted by molar-refractivity contribution is 5.94. The molecule has 0 bridgehead atoms. The second-order valence-corrected chi connectivity index (χ2v) is 10.1. The van der Waals surface area contributed by atoms with Gasteiger partial charge in [-0.2, -0.15) is 0 Å². The predicted molar refractivity (Wildman–Crippen MR) is 125 cm³/mol. The Hall–Kier alpha value is -2.33. The van der Waals surface area contributed by atoms with Crippen molar-refractivity contribution >= 4 is 5.91 Å². The number of fused-ring (bicyclic) bond motifs is 1. The van der Waals surface area contributed by atoms with Crippen LogP contribution in [-0.2, 0) is 5.41 Å². The molecule has 0 radical (unpaired) electrons. The minimum Gasteiger partial charge on any atom is -0.508 e. The van der Waals surface area contributed by atoms with E-state index in [2.05, 4.69) is 36.8 Å². The van der Waals surface area contributed by atoms with E-state index in [0.29, 0.717) is 17.6 Å². The van der Waals surface area contributed by atoms with Gasteiger partial charge in [0, 0.05) is 30.1 Å². The second kappa shape index (κ2) is 9.04. The van der Waals surface area contributed by atoms with E-state index in [1.165, 1.54) is 5.56 Å². The van der Waals surface area contributed by atoms with E-state index in [1.54, 1.807) is 6.07 Å². The molecule has 3 atom stereocenters. The van der Waals surface area contributed by atoms with Gasteiger partial charge in [-0.1, -0.05) is 44.2 Å². The molecule has 2 aliphatic rings. The first-order valence-electron chi connectivity index (χ1n) is 11.7. The van der Waals surface area contributed by atoms with Gasteiger partial charge in [-0.15, -0.1) is 0 Å². The number of hydrogen-bond donors (Lipinski definition) is 1. The summed E-state index contributed by atoms with van der Waals surface area (Å²) in [5, 5.41) is 10.2. The largest absolute Gasteiger partial charge is 0.508 e. The molecule has 31 heavy (non-hydrogen) atoms. The van der Waals surface area contributed by atoms with Crippen molar-refractivity contribution in [3.8, 4) is 5.75 Å². The van der Waals surface area contributed by atoms with Crippen LogP contribution in [0.1, 0.15) is 55.5 Å². The Kier molecular flexibility index (Phi) is 6.38. The van der Waals surface area contributed by atoms with E-state index in [-0.39, 0.29) is 17.4 Å². The fourth-order valence-corrected chi connectivity index (χ4v) is 5.91. The van der Waals surface area contributed by atoms with Gasteiger partial charge in [-0.25, -0.2) is 0 Å². The zero-order chi connectivity index (χ0) is 22.0. The summed E-state index contributed by atoms with van der Waals surface area (Å²) in [6.45, 7) is 7.29. The maximum atomic E-state index is 13.6. The van der Waals surface area contributed by atoms with Crippen molar-refractivity contribution in [2.45, 2.75) is 51.0 Å². The van der Waals surface area contributed by atoms with Gasteiger partial charge in [-0.3, -0.25) is 4.79 Å². The smallest absolute Gasteiger partial charge is 0.254 e. The quantitative estimate of drug-likeness (QED) is 0.746. The number of benzene rings is 2. The molecule has 1 saturated heterocycles. The molecule has 0 spiro atoms. The van der Waals surface area contributed by atoms with Gasteiger partial charge in [0.25, 0.3) is 5.91 Å². The van der Waals surface area contributed by atoms with Gasteiger partial charge < -0.3 is 14.9 Å². The molecule has 1 N–H and O–H groups in total. The predicted octanol–water partition coefficient (Wildman–Crippen LogP) is 4.93. The number of likely N-dealkylation sites (tertiary alicyclic amines) is 1. The lowest BCUT2D eigenvalue weighted by atomic mass is 9.57. The lowest BCUT2D eigenvalue weighted by molar-refractivity contribution is 0.0170.